The molecule has 1 amide bonds. The van der Waals surface area contributed by atoms with E-state index in [1.807, 2.05) is 49.4 Å². The lowest BCUT2D eigenvalue weighted by Crippen LogP contribution is -2.25. The fourth-order valence-corrected chi connectivity index (χ4v) is 3.07. The first-order valence-electron chi connectivity index (χ1n) is 8.43. The van der Waals surface area contributed by atoms with Gasteiger partial charge in [0.1, 0.15) is 0 Å². The van der Waals surface area contributed by atoms with Crippen LogP contribution in [-0.2, 0) is 11.3 Å². The van der Waals surface area contributed by atoms with Gasteiger partial charge in [0.2, 0.25) is 5.91 Å². The molecule has 0 spiro atoms. The summed E-state index contributed by atoms with van der Waals surface area (Å²) in [6.45, 7) is 2.30. The maximum atomic E-state index is 12.3. The largest absolute Gasteiger partial charge is 0.348 e. The Labute approximate surface area is 146 Å². The highest BCUT2D eigenvalue weighted by Gasteiger charge is 2.43. The van der Waals surface area contributed by atoms with Gasteiger partial charge in [0.05, 0.1) is 6.54 Å². The Morgan fingerprint density at radius 3 is 2.84 bits per heavy atom. The molecule has 1 saturated carbocycles. The first-order valence-corrected chi connectivity index (χ1v) is 8.43. The zero-order valence-corrected chi connectivity index (χ0v) is 14.0. The highest BCUT2D eigenvalue weighted by atomic mass is 16.5. The van der Waals surface area contributed by atoms with E-state index in [2.05, 4.69) is 27.6 Å². The number of hydrogen-bond acceptors (Lipinski definition) is 4. The van der Waals surface area contributed by atoms with E-state index < -0.39 is 0 Å². The summed E-state index contributed by atoms with van der Waals surface area (Å²) in [6, 6.07) is 18.0. The Hall–Kier alpha value is -2.95. The van der Waals surface area contributed by atoms with E-state index in [0.29, 0.717) is 17.6 Å². The Bertz CT molecular complexity index is 889. The smallest absolute Gasteiger partial charge is 0.257 e. The van der Waals surface area contributed by atoms with Crippen molar-refractivity contribution in [3.05, 3.63) is 71.5 Å². The average Bonchev–Trinajstić information content (AvgIpc) is 3.30. The molecule has 3 aromatic rings. The number of carbonyl (C=O) groups excluding carboxylic acids is 1. The van der Waals surface area contributed by atoms with E-state index in [1.54, 1.807) is 0 Å². The van der Waals surface area contributed by atoms with Crippen molar-refractivity contribution in [3.8, 4) is 11.5 Å². The van der Waals surface area contributed by atoms with Crippen LogP contribution in [0.15, 0.2) is 59.1 Å². The van der Waals surface area contributed by atoms with Crippen LogP contribution < -0.4 is 5.32 Å². The number of aryl methyl sites for hydroxylation is 1. The number of amides is 1. The summed E-state index contributed by atoms with van der Waals surface area (Å²) in [5, 5.41) is 6.86. The second-order valence-electron chi connectivity index (χ2n) is 6.46. The molecule has 1 fully saturated rings. The molecule has 0 aliphatic heterocycles. The quantitative estimate of drug-likeness (QED) is 0.776. The molecule has 5 heteroatoms. The van der Waals surface area contributed by atoms with Gasteiger partial charge in [-0.15, -0.1) is 0 Å². The molecule has 4 rings (SSSR count). The molecule has 25 heavy (non-hydrogen) atoms. The summed E-state index contributed by atoms with van der Waals surface area (Å²) in [5.74, 6) is 1.39. The van der Waals surface area contributed by atoms with Crippen LogP contribution >= 0.6 is 0 Å². The summed E-state index contributed by atoms with van der Waals surface area (Å²) in [7, 11) is 0. The fourth-order valence-electron chi connectivity index (χ4n) is 3.07. The molecule has 1 aliphatic rings. The number of hydrogen-bond donors (Lipinski definition) is 1. The van der Waals surface area contributed by atoms with Gasteiger partial charge in [0.15, 0.2) is 5.82 Å². The summed E-state index contributed by atoms with van der Waals surface area (Å²) < 4.78 is 5.29. The minimum absolute atomic E-state index is 0.0468. The van der Waals surface area contributed by atoms with Crippen LogP contribution in [0, 0.1) is 12.8 Å². The summed E-state index contributed by atoms with van der Waals surface area (Å²) in [4.78, 5) is 16.6. The van der Waals surface area contributed by atoms with Gasteiger partial charge < -0.3 is 9.84 Å². The average molecular weight is 333 g/mol. The molecule has 0 bridgehead atoms. The van der Waals surface area contributed by atoms with E-state index in [9.17, 15) is 4.79 Å². The minimum Gasteiger partial charge on any atom is -0.348 e. The lowest BCUT2D eigenvalue weighted by atomic mass is 10.1. The third kappa shape index (κ3) is 3.45. The highest BCUT2D eigenvalue weighted by molar-refractivity contribution is 5.82. The number of carbonyl (C=O) groups is 1. The molecule has 1 aromatic heterocycles. The molecule has 126 valence electrons. The molecule has 1 N–H and O–H groups in total. The SMILES string of the molecule is Cc1cccc(-c2nc(CNC(=O)[C@@H]3C[C@@H]3c3ccccc3)no2)c1. The maximum Gasteiger partial charge on any atom is 0.257 e. The number of aromatic nitrogens is 2. The van der Waals surface area contributed by atoms with Crippen molar-refractivity contribution < 1.29 is 9.32 Å². The normalized spacial score (nSPS) is 18.8. The Morgan fingerprint density at radius 2 is 2.04 bits per heavy atom. The molecule has 2 atom stereocenters. The van der Waals surface area contributed by atoms with Crippen LogP contribution in [-0.4, -0.2) is 16.0 Å². The van der Waals surface area contributed by atoms with Crippen molar-refractivity contribution in [1.29, 1.82) is 0 Å². The summed E-state index contributed by atoms with van der Waals surface area (Å²) >= 11 is 0. The predicted molar refractivity (Wildman–Crippen MR) is 93.6 cm³/mol. The number of nitrogens with zero attached hydrogens (tertiary/aromatic N) is 2. The zero-order chi connectivity index (χ0) is 17.2. The molecular weight excluding hydrogens is 314 g/mol. The van der Waals surface area contributed by atoms with Gasteiger partial charge in [0, 0.05) is 11.5 Å². The van der Waals surface area contributed by atoms with Gasteiger partial charge in [0.25, 0.3) is 5.89 Å². The Kier molecular flexibility index (Phi) is 4.06. The van der Waals surface area contributed by atoms with Crippen LogP contribution in [0.5, 0.6) is 0 Å². The molecule has 5 nitrogen and oxygen atoms in total. The summed E-state index contributed by atoms with van der Waals surface area (Å²) in [5.41, 5.74) is 3.24. The first-order chi connectivity index (χ1) is 12.2. The molecular formula is C20H19N3O2. The van der Waals surface area contributed by atoms with Gasteiger partial charge in [-0.25, -0.2) is 0 Å². The van der Waals surface area contributed by atoms with Crippen LogP contribution in [0.4, 0.5) is 0 Å². The van der Waals surface area contributed by atoms with Crippen molar-refractivity contribution in [2.24, 2.45) is 5.92 Å². The molecule has 0 unspecified atom stereocenters. The van der Waals surface area contributed by atoms with Gasteiger partial charge in [-0.2, -0.15) is 4.98 Å². The van der Waals surface area contributed by atoms with E-state index in [1.165, 1.54) is 5.56 Å². The minimum atomic E-state index is 0.0468. The maximum absolute atomic E-state index is 12.3. The van der Waals surface area contributed by atoms with E-state index in [0.717, 1.165) is 17.5 Å². The second-order valence-corrected chi connectivity index (χ2v) is 6.46. The van der Waals surface area contributed by atoms with Gasteiger partial charge in [-0.3, -0.25) is 4.79 Å². The van der Waals surface area contributed by atoms with Gasteiger partial charge in [-0.1, -0.05) is 53.2 Å². The van der Waals surface area contributed by atoms with Crippen molar-refractivity contribution in [1.82, 2.24) is 15.5 Å². The number of rotatable bonds is 5. The van der Waals surface area contributed by atoms with E-state index in [-0.39, 0.29) is 18.4 Å². The molecule has 0 radical (unpaired) electrons. The Morgan fingerprint density at radius 1 is 1.20 bits per heavy atom. The van der Waals surface area contributed by atoms with E-state index >= 15 is 0 Å². The zero-order valence-electron chi connectivity index (χ0n) is 14.0. The van der Waals surface area contributed by atoms with E-state index in [4.69, 9.17) is 4.52 Å². The third-order valence-corrected chi connectivity index (χ3v) is 4.51. The van der Waals surface area contributed by atoms with Crippen LogP contribution in [0.3, 0.4) is 0 Å². The molecule has 0 saturated heterocycles. The number of nitrogens with one attached hydrogen (secondary N) is 1. The highest BCUT2D eigenvalue weighted by Crippen LogP contribution is 2.47. The third-order valence-electron chi connectivity index (χ3n) is 4.51. The number of benzene rings is 2. The van der Waals surface area contributed by atoms with Crippen molar-refractivity contribution in [3.63, 3.8) is 0 Å². The standard InChI is InChI=1S/C20H19N3O2/c1-13-6-5-9-15(10-13)20-22-18(23-25-20)12-21-19(24)17-11-16(17)14-7-3-2-4-8-14/h2-10,16-17H,11-12H2,1H3,(H,21,24)/t16-,17-/m1/s1. The van der Waals surface area contributed by atoms with Crippen LogP contribution in [0.25, 0.3) is 11.5 Å². The van der Waals surface area contributed by atoms with Gasteiger partial charge >= 0.3 is 0 Å². The van der Waals surface area contributed by atoms with Crippen molar-refractivity contribution in [2.45, 2.75) is 25.8 Å². The monoisotopic (exact) mass is 333 g/mol. The van der Waals surface area contributed by atoms with Gasteiger partial charge in [-0.05, 0) is 37.0 Å². The first kappa shape index (κ1) is 15.6. The summed E-state index contributed by atoms with van der Waals surface area (Å²) in [6.07, 6.45) is 0.899. The van der Waals surface area contributed by atoms with Crippen LogP contribution in [0.1, 0.15) is 29.3 Å². The topological polar surface area (TPSA) is 68.0 Å². The Balaban J connectivity index is 1.34. The lowest BCUT2D eigenvalue weighted by Gasteiger charge is -2.02. The fraction of sp³-hybridized carbons (Fsp3) is 0.250. The molecule has 1 aliphatic carbocycles. The lowest BCUT2D eigenvalue weighted by molar-refractivity contribution is -0.122. The van der Waals surface area contributed by atoms with Crippen molar-refractivity contribution in [2.75, 3.05) is 0 Å². The van der Waals surface area contributed by atoms with Crippen LogP contribution in [0.2, 0.25) is 0 Å². The molecule has 2 aromatic carbocycles. The molecule has 1 heterocycles. The second kappa shape index (κ2) is 6.51. The predicted octanol–water partition coefficient (Wildman–Crippen LogP) is 3.46. The van der Waals surface area contributed by atoms with Crippen molar-refractivity contribution >= 4 is 5.91 Å².